The Bertz CT molecular complexity index is 598. The minimum Gasteiger partial charge on any atom is -0.481 e. The SMILES string of the molecule is CC(C)N(CCCC(=O)O)c1cnc2ccccc2n1. The van der Waals surface area contributed by atoms with Gasteiger partial charge in [-0.05, 0) is 32.4 Å². The van der Waals surface area contributed by atoms with Crippen molar-refractivity contribution in [3.05, 3.63) is 30.5 Å². The molecule has 20 heavy (non-hydrogen) atoms. The second-order valence-corrected chi connectivity index (χ2v) is 5.00. The average Bonchev–Trinajstić information content (AvgIpc) is 2.42. The second-order valence-electron chi connectivity index (χ2n) is 5.00. The maximum absolute atomic E-state index is 10.6. The van der Waals surface area contributed by atoms with E-state index in [0.29, 0.717) is 13.0 Å². The van der Waals surface area contributed by atoms with Crippen molar-refractivity contribution < 1.29 is 9.90 Å². The van der Waals surface area contributed by atoms with E-state index in [-0.39, 0.29) is 12.5 Å². The molecule has 0 radical (unpaired) electrons. The Morgan fingerprint density at radius 2 is 2.00 bits per heavy atom. The molecular weight excluding hydrogens is 254 g/mol. The first-order valence-corrected chi connectivity index (χ1v) is 6.78. The minimum absolute atomic E-state index is 0.171. The highest BCUT2D eigenvalue weighted by molar-refractivity contribution is 5.75. The Balaban J connectivity index is 2.20. The van der Waals surface area contributed by atoms with Crippen LogP contribution in [-0.2, 0) is 4.79 Å². The number of hydrogen-bond acceptors (Lipinski definition) is 4. The van der Waals surface area contributed by atoms with Gasteiger partial charge in [-0.2, -0.15) is 0 Å². The molecule has 0 unspecified atom stereocenters. The van der Waals surface area contributed by atoms with Crippen molar-refractivity contribution >= 4 is 22.8 Å². The topological polar surface area (TPSA) is 66.3 Å². The summed E-state index contributed by atoms with van der Waals surface area (Å²) in [6.07, 6.45) is 2.52. The molecule has 0 saturated carbocycles. The van der Waals surface area contributed by atoms with Crippen LogP contribution < -0.4 is 4.90 Å². The Morgan fingerprint density at radius 3 is 2.65 bits per heavy atom. The van der Waals surface area contributed by atoms with Crippen LogP contribution in [0.25, 0.3) is 11.0 Å². The van der Waals surface area contributed by atoms with E-state index < -0.39 is 5.97 Å². The normalized spacial score (nSPS) is 10.9. The minimum atomic E-state index is -0.765. The highest BCUT2D eigenvalue weighted by Crippen LogP contribution is 2.18. The molecule has 2 rings (SSSR count). The van der Waals surface area contributed by atoms with Crippen molar-refractivity contribution in [2.45, 2.75) is 32.7 Å². The summed E-state index contributed by atoms with van der Waals surface area (Å²) >= 11 is 0. The van der Waals surface area contributed by atoms with E-state index >= 15 is 0 Å². The summed E-state index contributed by atoms with van der Waals surface area (Å²) in [5.41, 5.74) is 1.72. The monoisotopic (exact) mass is 273 g/mol. The molecular formula is C15H19N3O2. The van der Waals surface area contributed by atoms with E-state index in [1.54, 1.807) is 6.20 Å². The van der Waals surface area contributed by atoms with Gasteiger partial charge in [-0.15, -0.1) is 0 Å². The van der Waals surface area contributed by atoms with Gasteiger partial charge in [0, 0.05) is 19.0 Å². The first-order chi connectivity index (χ1) is 9.58. The summed E-state index contributed by atoms with van der Waals surface area (Å²) in [6, 6.07) is 7.98. The first-order valence-electron chi connectivity index (χ1n) is 6.78. The zero-order chi connectivity index (χ0) is 14.5. The summed E-state index contributed by atoms with van der Waals surface area (Å²) in [4.78, 5) is 21.7. The van der Waals surface area contributed by atoms with Crippen molar-refractivity contribution in [3.63, 3.8) is 0 Å². The van der Waals surface area contributed by atoms with E-state index in [9.17, 15) is 4.79 Å². The van der Waals surface area contributed by atoms with Crippen molar-refractivity contribution in [2.75, 3.05) is 11.4 Å². The summed E-state index contributed by atoms with van der Waals surface area (Å²) in [6.45, 7) is 4.80. The zero-order valence-corrected chi connectivity index (χ0v) is 11.8. The second kappa shape index (κ2) is 6.32. The van der Waals surface area contributed by atoms with Gasteiger partial charge in [-0.25, -0.2) is 4.98 Å². The molecule has 1 heterocycles. The largest absolute Gasteiger partial charge is 0.481 e. The Kier molecular flexibility index (Phi) is 4.50. The number of carboxylic acid groups (broad SMARTS) is 1. The third-order valence-corrected chi connectivity index (χ3v) is 3.14. The molecule has 5 nitrogen and oxygen atoms in total. The van der Waals surface area contributed by atoms with Gasteiger partial charge in [0.15, 0.2) is 0 Å². The van der Waals surface area contributed by atoms with Crippen LogP contribution in [0, 0.1) is 0 Å². The molecule has 0 atom stereocenters. The molecule has 1 aromatic heterocycles. The van der Waals surface area contributed by atoms with Gasteiger partial charge < -0.3 is 10.0 Å². The molecule has 106 valence electrons. The highest BCUT2D eigenvalue weighted by Gasteiger charge is 2.13. The van der Waals surface area contributed by atoms with Crippen molar-refractivity contribution in [1.29, 1.82) is 0 Å². The van der Waals surface area contributed by atoms with Crippen molar-refractivity contribution in [2.24, 2.45) is 0 Å². The Labute approximate surface area is 118 Å². The highest BCUT2D eigenvalue weighted by atomic mass is 16.4. The van der Waals surface area contributed by atoms with Gasteiger partial charge in [0.25, 0.3) is 0 Å². The van der Waals surface area contributed by atoms with Crippen LogP contribution in [0.15, 0.2) is 30.5 Å². The average molecular weight is 273 g/mol. The maximum Gasteiger partial charge on any atom is 0.303 e. The number of para-hydroxylation sites is 2. The number of fused-ring (bicyclic) bond motifs is 1. The van der Waals surface area contributed by atoms with E-state index in [0.717, 1.165) is 16.9 Å². The number of aliphatic carboxylic acids is 1. The van der Waals surface area contributed by atoms with Gasteiger partial charge in [0.05, 0.1) is 17.2 Å². The fraction of sp³-hybridized carbons (Fsp3) is 0.400. The first kappa shape index (κ1) is 14.2. The molecule has 2 aromatic rings. The Morgan fingerprint density at radius 1 is 1.30 bits per heavy atom. The fourth-order valence-corrected chi connectivity index (χ4v) is 2.12. The standard InChI is InChI=1S/C15H19N3O2/c1-11(2)18(9-5-8-15(19)20)14-10-16-12-6-3-4-7-13(12)17-14/h3-4,6-7,10-11H,5,8-9H2,1-2H3,(H,19,20). The van der Waals surface area contributed by atoms with E-state index in [4.69, 9.17) is 5.11 Å². The van der Waals surface area contributed by atoms with Crippen LogP contribution >= 0.6 is 0 Å². The lowest BCUT2D eigenvalue weighted by Gasteiger charge is -2.27. The maximum atomic E-state index is 10.6. The fourth-order valence-electron chi connectivity index (χ4n) is 2.12. The van der Waals surface area contributed by atoms with Crippen molar-refractivity contribution in [1.82, 2.24) is 9.97 Å². The molecule has 0 saturated heterocycles. The van der Waals surface area contributed by atoms with Crippen LogP contribution in [-0.4, -0.2) is 33.6 Å². The van der Waals surface area contributed by atoms with E-state index in [1.807, 2.05) is 24.3 Å². The third kappa shape index (κ3) is 3.44. The third-order valence-electron chi connectivity index (χ3n) is 3.14. The molecule has 0 amide bonds. The predicted octanol–water partition coefficient (Wildman–Crippen LogP) is 2.71. The number of aromatic nitrogens is 2. The molecule has 0 aliphatic rings. The van der Waals surface area contributed by atoms with Gasteiger partial charge >= 0.3 is 5.97 Å². The van der Waals surface area contributed by atoms with E-state index in [1.165, 1.54) is 0 Å². The quantitative estimate of drug-likeness (QED) is 0.876. The smallest absolute Gasteiger partial charge is 0.303 e. The lowest BCUT2D eigenvalue weighted by atomic mass is 10.2. The molecule has 0 aliphatic carbocycles. The summed E-state index contributed by atoms with van der Waals surface area (Å²) in [5, 5.41) is 8.73. The van der Waals surface area contributed by atoms with Crippen molar-refractivity contribution in [3.8, 4) is 0 Å². The summed E-state index contributed by atoms with van der Waals surface area (Å²) < 4.78 is 0. The van der Waals surface area contributed by atoms with E-state index in [2.05, 4.69) is 28.7 Å². The summed E-state index contributed by atoms with van der Waals surface area (Å²) in [7, 11) is 0. The predicted molar refractivity (Wildman–Crippen MR) is 78.9 cm³/mol. The number of nitrogens with zero attached hydrogens (tertiary/aromatic N) is 3. The lowest BCUT2D eigenvalue weighted by Crippen LogP contribution is -2.32. The van der Waals surface area contributed by atoms with Crippen LogP contribution in [0.2, 0.25) is 0 Å². The number of benzene rings is 1. The molecule has 0 aliphatic heterocycles. The number of hydrogen-bond donors (Lipinski definition) is 1. The molecule has 5 heteroatoms. The van der Waals surface area contributed by atoms with Gasteiger partial charge in [-0.1, -0.05) is 12.1 Å². The molecule has 0 spiro atoms. The molecule has 1 aromatic carbocycles. The molecule has 0 fully saturated rings. The molecule has 1 N–H and O–H groups in total. The number of carbonyl (C=O) groups is 1. The number of carboxylic acids is 1. The van der Waals surface area contributed by atoms with Crippen LogP contribution in [0.4, 0.5) is 5.82 Å². The van der Waals surface area contributed by atoms with Crippen LogP contribution in [0.3, 0.4) is 0 Å². The Hall–Kier alpha value is -2.17. The molecule has 0 bridgehead atoms. The number of anilines is 1. The van der Waals surface area contributed by atoms with Crippen LogP contribution in [0.5, 0.6) is 0 Å². The number of rotatable bonds is 6. The summed E-state index contributed by atoms with van der Waals surface area (Å²) in [5.74, 6) is 0.0300. The lowest BCUT2D eigenvalue weighted by molar-refractivity contribution is -0.137. The van der Waals surface area contributed by atoms with Gasteiger partial charge in [-0.3, -0.25) is 9.78 Å². The van der Waals surface area contributed by atoms with Gasteiger partial charge in [0.2, 0.25) is 0 Å². The van der Waals surface area contributed by atoms with Crippen LogP contribution in [0.1, 0.15) is 26.7 Å². The van der Waals surface area contributed by atoms with Gasteiger partial charge in [0.1, 0.15) is 5.82 Å². The zero-order valence-electron chi connectivity index (χ0n) is 11.8.